The summed E-state index contributed by atoms with van der Waals surface area (Å²) in [5.74, 6) is -1.85. The van der Waals surface area contributed by atoms with E-state index in [1.54, 1.807) is 0 Å². The zero-order valence-corrected chi connectivity index (χ0v) is 7.15. The first-order valence-corrected chi connectivity index (χ1v) is 3.75. The van der Waals surface area contributed by atoms with E-state index in [1.807, 2.05) is 0 Å². The molecule has 13 heavy (non-hydrogen) atoms. The molecule has 0 aromatic carbocycles. The highest BCUT2D eigenvalue weighted by atomic mass is 16.5. The molecule has 0 unspecified atom stereocenters. The van der Waals surface area contributed by atoms with E-state index >= 15 is 0 Å². The molecule has 5 nitrogen and oxygen atoms in total. The van der Waals surface area contributed by atoms with Crippen molar-refractivity contribution < 1.29 is 24.5 Å². The minimum absolute atomic E-state index is 0.0707. The molecule has 0 spiro atoms. The van der Waals surface area contributed by atoms with Gasteiger partial charge in [0.25, 0.3) is 0 Å². The van der Waals surface area contributed by atoms with Crippen molar-refractivity contribution >= 4 is 11.9 Å². The average molecular weight is 188 g/mol. The monoisotopic (exact) mass is 188 g/mol. The molecule has 5 heteroatoms. The van der Waals surface area contributed by atoms with E-state index in [-0.39, 0.29) is 18.8 Å². The van der Waals surface area contributed by atoms with E-state index in [1.165, 1.54) is 0 Å². The molecule has 0 amide bonds. The fourth-order valence-electron chi connectivity index (χ4n) is 0.586. The minimum Gasteiger partial charge on any atom is -0.481 e. The van der Waals surface area contributed by atoms with E-state index in [0.29, 0.717) is 6.42 Å². The molecular weight excluding hydrogens is 176 g/mol. The van der Waals surface area contributed by atoms with Gasteiger partial charge in [-0.05, 0) is 0 Å². The summed E-state index contributed by atoms with van der Waals surface area (Å²) >= 11 is 0. The minimum atomic E-state index is -1.12. The summed E-state index contributed by atoms with van der Waals surface area (Å²) in [6.45, 7) is 3.26. The van der Waals surface area contributed by atoms with Crippen molar-refractivity contribution in [1.82, 2.24) is 0 Å². The second-order valence-electron chi connectivity index (χ2n) is 2.39. The van der Waals surface area contributed by atoms with Crippen LogP contribution in [0.2, 0.25) is 0 Å². The molecule has 0 aromatic heterocycles. The third-order valence-electron chi connectivity index (χ3n) is 1.19. The molecule has 74 valence electrons. The van der Waals surface area contributed by atoms with E-state index in [2.05, 4.69) is 11.3 Å². The second kappa shape index (κ2) is 6.19. The summed E-state index contributed by atoms with van der Waals surface area (Å²) in [6.07, 6.45) is -0.0793. The molecule has 0 atom stereocenters. The number of ether oxygens (including phenoxy) is 1. The van der Waals surface area contributed by atoms with Crippen LogP contribution in [0.5, 0.6) is 0 Å². The molecule has 0 fully saturated rings. The van der Waals surface area contributed by atoms with Gasteiger partial charge in [-0.15, -0.1) is 0 Å². The zero-order chi connectivity index (χ0) is 10.3. The lowest BCUT2D eigenvalue weighted by Crippen LogP contribution is -2.11. The number of carboxylic acids is 1. The molecule has 2 N–H and O–H groups in total. The molecule has 0 aliphatic carbocycles. The third kappa shape index (κ3) is 5.86. The largest absolute Gasteiger partial charge is 0.481 e. The Morgan fingerprint density at radius 1 is 1.38 bits per heavy atom. The Morgan fingerprint density at radius 3 is 2.46 bits per heavy atom. The lowest BCUT2D eigenvalue weighted by molar-refractivity contribution is -0.143. The Hall–Kier alpha value is -1.36. The number of carboxylic acid groups (broad SMARTS) is 1. The molecule has 0 bridgehead atoms. The summed E-state index contributed by atoms with van der Waals surface area (Å²) < 4.78 is 4.58. The number of carbonyl (C=O) groups excluding carboxylic acids is 1. The van der Waals surface area contributed by atoms with Gasteiger partial charge in [-0.2, -0.15) is 0 Å². The summed E-state index contributed by atoms with van der Waals surface area (Å²) in [5.41, 5.74) is -0.0922. The summed E-state index contributed by atoms with van der Waals surface area (Å²) in [4.78, 5) is 21.0. The van der Waals surface area contributed by atoms with Crippen molar-refractivity contribution in [3.8, 4) is 0 Å². The van der Waals surface area contributed by atoms with Crippen LogP contribution < -0.4 is 0 Å². The summed E-state index contributed by atoms with van der Waals surface area (Å²) in [6, 6.07) is 0. The van der Waals surface area contributed by atoms with Gasteiger partial charge in [0, 0.05) is 18.6 Å². The smallest absolute Gasteiger partial charge is 0.333 e. The predicted molar refractivity (Wildman–Crippen MR) is 44.1 cm³/mol. The summed E-state index contributed by atoms with van der Waals surface area (Å²) in [7, 11) is 0. The number of aliphatic hydroxyl groups is 1. The molecule has 0 saturated heterocycles. The number of esters is 1. The maximum atomic E-state index is 10.9. The fraction of sp³-hybridized carbons (Fsp3) is 0.500. The number of carbonyl (C=O) groups is 2. The Kier molecular flexibility index (Phi) is 5.54. The van der Waals surface area contributed by atoms with Crippen LogP contribution in [0.4, 0.5) is 0 Å². The van der Waals surface area contributed by atoms with Crippen molar-refractivity contribution in [1.29, 1.82) is 0 Å². The van der Waals surface area contributed by atoms with Gasteiger partial charge in [-0.1, -0.05) is 6.58 Å². The van der Waals surface area contributed by atoms with Gasteiger partial charge in [-0.25, -0.2) is 4.79 Å². The first-order valence-electron chi connectivity index (χ1n) is 3.75. The van der Waals surface area contributed by atoms with Gasteiger partial charge in [0.2, 0.25) is 0 Å². The van der Waals surface area contributed by atoms with E-state index in [4.69, 9.17) is 10.2 Å². The Balaban J connectivity index is 3.70. The molecular formula is C8H12O5. The van der Waals surface area contributed by atoms with Crippen LogP contribution in [0.15, 0.2) is 12.2 Å². The number of aliphatic hydroxyl groups excluding tert-OH is 1. The molecule has 0 aromatic rings. The van der Waals surface area contributed by atoms with Crippen molar-refractivity contribution in [2.45, 2.75) is 12.8 Å². The lowest BCUT2D eigenvalue weighted by Gasteiger charge is -2.03. The first kappa shape index (κ1) is 11.6. The van der Waals surface area contributed by atoms with Gasteiger partial charge >= 0.3 is 11.9 Å². The van der Waals surface area contributed by atoms with Crippen LogP contribution in [0.1, 0.15) is 12.8 Å². The normalized spacial score (nSPS) is 9.31. The third-order valence-corrected chi connectivity index (χ3v) is 1.19. The zero-order valence-electron chi connectivity index (χ0n) is 7.15. The maximum Gasteiger partial charge on any atom is 0.333 e. The number of rotatable bonds is 6. The van der Waals surface area contributed by atoms with Crippen molar-refractivity contribution in [3.63, 3.8) is 0 Å². The van der Waals surface area contributed by atoms with Gasteiger partial charge in [0.15, 0.2) is 0 Å². The second-order valence-corrected chi connectivity index (χ2v) is 2.39. The van der Waals surface area contributed by atoms with Gasteiger partial charge < -0.3 is 14.9 Å². The Morgan fingerprint density at radius 2 is 2.00 bits per heavy atom. The van der Waals surface area contributed by atoms with E-state index in [9.17, 15) is 9.59 Å². The van der Waals surface area contributed by atoms with Crippen LogP contribution in [0, 0.1) is 0 Å². The number of aliphatic carboxylic acids is 1. The molecule has 0 heterocycles. The van der Waals surface area contributed by atoms with Gasteiger partial charge in [0.05, 0.1) is 13.0 Å². The molecule has 0 rings (SSSR count). The van der Waals surface area contributed by atoms with E-state index in [0.717, 1.165) is 0 Å². The van der Waals surface area contributed by atoms with Crippen LogP contribution in [-0.2, 0) is 14.3 Å². The van der Waals surface area contributed by atoms with Crippen molar-refractivity contribution in [3.05, 3.63) is 12.2 Å². The van der Waals surface area contributed by atoms with Gasteiger partial charge in [-0.3, -0.25) is 4.79 Å². The van der Waals surface area contributed by atoms with Crippen molar-refractivity contribution in [2.24, 2.45) is 0 Å². The van der Waals surface area contributed by atoms with Gasteiger partial charge in [0.1, 0.15) is 0 Å². The average Bonchev–Trinajstić information content (AvgIpc) is 2.03. The maximum absolute atomic E-state index is 10.9. The molecule has 0 radical (unpaired) electrons. The summed E-state index contributed by atoms with van der Waals surface area (Å²) in [5, 5.41) is 16.7. The van der Waals surface area contributed by atoms with Crippen molar-refractivity contribution in [2.75, 3.05) is 13.2 Å². The highest BCUT2D eigenvalue weighted by Crippen LogP contribution is 2.01. The van der Waals surface area contributed by atoms with Crippen LogP contribution in [0.25, 0.3) is 0 Å². The van der Waals surface area contributed by atoms with Crippen LogP contribution in [0.3, 0.4) is 0 Å². The Labute approximate surface area is 75.6 Å². The van der Waals surface area contributed by atoms with Crippen LogP contribution >= 0.6 is 0 Å². The highest BCUT2D eigenvalue weighted by Gasteiger charge is 2.11. The van der Waals surface area contributed by atoms with Crippen LogP contribution in [-0.4, -0.2) is 35.4 Å². The highest BCUT2D eigenvalue weighted by molar-refractivity contribution is 5.92. The topological polar surface area (TPSA) is 83.8 Å². The first-order chi connectivity index (χ1) is 6.07. The molecule has 0 saturated carbocycles. The predicted octanol–water partition coefficient (Wildman–Crippen LogP) is -0.0571. The fourth-order valence-corrected chi connectivity index (χ4v) is 0.586. The Bertz CT molecular complexity index is 209. The lowest BCUT2D eigenvalue weighted by atomic mass is 10.2. The molecule has 0 aliphatic heterocycles. The molecule has 0 aliphatic rings. The number of hydrogen-bond donors (Lipinski definition) is 2. The quantitative estimate of drug-likeness (QED) is 0.346. The van der Waals surface area contributed by atoms with E-state index < -0.39 is 18.4 Å². The SMILES string of the molecule is C=C(CC(=O)O)C(=O)OCCCO. The standard InChI is InChI=1S/C8H12O5/c1-6(5-7(10)11)8(12)13-4-2-3-9/h9H,1-5H2,(H,10,11). The number of hydrogen-bond acceptors (Lipinski definition) is 4.